The summed E-state index contributed by atoms with van der Waals surface area (Å²) in [6.07, 6.45) is 1.52. The zero-order valence-corrected chi connectivity index (χ0v) is 13.3. The summed E-state index contributed by atoms with van der Waals surface area (Å²) < 4.78 is 5.34. The average Bonchev–Trinajstić information content (AvgIpc) is 3.06. The first kappa shape index (κ1) is 15.3. The highest BCUT2D eigenvalue weighted by molar-refractivity contribution is 5.79. The smallest absolute Gasteiger partial charge is 0.227 e. The van der Waals surface area contributed by atoms with E-state index in [1.165, 1.54) is 0 Å². The number of carbonyl (C=O) groups excluding carboxylic acids is 1. The van der Waals surface area contributed by atoms with E-state index in [-0.39, 0.29) is 5.91 Å². The Hall–Kier alpha value is -1.59. The second-order valence-electron chi connectivity index (χ2n) is 6.06. The van der Waals surface area contributed by atoms with Crippen LogP contribution in [0, 0.1) is 0 Å². The van der Waals surface area contributed by atoms with Crippen LogP contribution in [0.15, 0.2) is 24.3 Å². The zero-order chi connectivity index (χ0) is 15.4. The fourth-order valence-corrected chi connectivity index (χ4v) is 3.44. The molecule has 22 heavy (non-hydrogen) atoms. The number of ether oxygens (including phenoxy) is 1. The van der Waals surface area contributed by atoms with Gasteiger partial charge in [0.2, 0.25) is 5.91 Å². The van der Waals surface area contributed by atoms with E-state index in [1.54, 1.807) is 7.11 Å². The molecule has 1 unspecified atom stereocenters. The van der Waals surface area contributed by atoms with Crippen molar-refractivity contribution in [1.82, 2.24) is 15.1 Å². The molecule has 5 nitrogen and oxygen atoms in total. The molecule has 0 saturated carbocycles. The van der Waals surface area contributed by atoms with Gasteiger partial charge in [0.05, 0.1) is 13.5 Å². The van der Waals surface area contributed by atoms with Gasteiger partial charge in [-0.1, -0.05) is 18.2 Å². The zero-order valence-electron chi connectivity index (χ0n) is 13.3. The van der Waals surface area contributed by atoms with Crippen LogP contribution in [0.25, 0.3) is 0 Å². The molecule has 2 aliphatic rings. The molecule has 2 saturated heterocycles. The number of piperazine rings is 1. The highest BCUT2D eigenvalue weighted by Gasteiger charge is 2.30. The van der Waals surface area contributed by atoms with E-state index in [9.17, 15) is 4.79 Å². The second kappa shape index (κ2) is 7.11. The molecule has 0 aromatic heterocycles. The van der Waals surface area contributed by atoms with Crippen LogP contribution >= 0.6 is 0 Å². The van der Waals surface area contributed by atoms with Gasteiger partial charge in [0.25, 0.3) is 0 Å². The third-order valence-electron chi connectivity index (χ3n) is 4.72. The lowest BCUT2D eigenvalue weighted by atomic mass is 10.1. The molecular weight excluding hydrogens is 278 g/mol. The standard InChI is InChI=1S/C17H25N3O2/c1-22-16-5-3-2-4-14(16)12-17(21)20-9-6-15(13-20)19-10-7-18-8-11-19/h2-5,15,18H,6-13H2,1H3. The molecule has 5 heteroatoms. The SMILES string of the molecule is COc1ccccc1CC(=O)N1CCC(N2CCNCC2)C1. The summed E-state index contributed by atoms with van der Waals surface area (Å²) in [5, 5.41) is 3.38. The van der Waals surface area contributed by atoms with Gasteiger partial charge in [0, 0.05) is 50.9 Å². The van der Waals surface area contributed by atoms with Crippen LogP contribution in [0.2, 0.25) is 0 Å². The van der Waals surface area contributed by atoms with Crippen LogP contribution in [-0.2, 0) is 11.2 Å². The Kier molecular flexibility index (Phi) is 4.95. The molecule has 2 heterocycles. The quantitative estimate of drug-likeness (QED) is 0.891. The number of rotatable bonds is 4. The topological polar surface area (TPSA) is 44.8 Å². The van der Waals surface area contributed by atoms with Crippen LogP contribution in [0.4, 0.5) is 0 Å². The number of carbonyl (C=O) groups is 1. The Morgan fingerprint density at radius 3 is 2.82 bits per heavy atom. The molecule has 1 N–H and O–H groups in total. The first-order valence-electron chi connectivity index (χ1n) is 8.12. The van der Waals surface area contributed by atoms with E-state index < -0.39 is 0 Å². The van der Waals surface area contributed by atoms with Crippen molar-refractivity contribution in [1.29, 1.82) is 0 Å². The number of amides is 1. The van der Waals surface area contributed by atoms with Crippen LogP contribution in [-0.4, -0.2) is 68.1 Å². The molecule has 1 amide bonds. The number of nitrogens with one attached hydrogen (secondary N) is 1. The summed E-state index contributed by atoms with van der Waals surface area (Å²) in [4.78, 5) is 17.1. The Bertz CT molecular complexity index is 514. The van der Waals surface area contributed by atoms with Crippen molar-refractivity contribution in [3.63, 3.8) is 0 Å². The van der Waals surface area contributed by atoms with E-state index in [2.05, 4.69) is 10.2 Å². The summed E-state index contributed by atoms with van der Waals surface area (Å²) in [7, 11) is 1.65. The van der Waals surface area contributed by atoms with Gasteiger partial charge in [-0.05, 0) is 12.5 Å². The first-order valence-corrected chi connectivity index (χ1v) is 8.12. The maximum Gasteiger partial charge on any atom is 0.227 e. The minimum Gasteiger partial charge on any atom is -0.496 e. The summed E-state index contributed by atoms with van der Waals surface area (Å²) >= 11 is 0. The van der Waals surface area contributed by atoms with Crippen LogP contribution in [0.3, 0.4) is 0 Å². The van der Waals surface area contributed by atoms with Gasteiger partial charge in [-0.3, -0.25) is 9.69 Å². The van der Waals surface area contributed by atoms with Gasteiger partial charge in [-0.2, -0.15) is 0 Å². The average molecular weight is 303 g/mol. The lowest BCUT2D eigenvalue weighted by Crippen LogP contribution is -2.49. The summed E-state index contributed by atoms with van der Waals surface area (Å²) in [5.74, 6) is 1.01. The van der Waals surface area contributed by atoms with Crippen molar-refractivity contribution in [3.8, 4) is 5.75 Å². The van der Waals surface area contributed by atoms with Gasteiger partial charge in [0.15, 0.2) is 0 Å². The second-order valence-corrected chi connectivity index (χ2v) is 6.06. The molecule has 1 atom stereocenters. The van der Waals surface area contributed by atoms with Crippen LogP contribution in [0.5, 0.6) is 5.75 Å². The number of likely N-dealkylation sites (tertiary alicyclic amines) is 1. The number of benzene rings is 1. The molecule has 1 aromatic rings. The van der Waals surface area contributed by atoms with Crippen LogP contribution < -0.4 is 10.1 Å². The molecule has 120 valence electrons. The molecular formula is C17H25N3O2. The van der Waals surface area contributed by atoms with E-state index >= 15 is 0 Å². The normalized spacial score (nSPS) is 22.8. The van der Waals surface area contributed by atoms with Gasteiger partial charge in [-0.25, -0.2) is 0 Å². The predicted molar refractivity (Wildman–Crippen MR) is 86.1 cm³/mol. The van der Waals surface area contributed by atoms with Crippen molar-refractivity contribution < 1.29 is 9.53 Å². The number of para-hydroxylation sites is 1. The number of hydrogen-bond acceptors (Lipinski definition) is 4. The lowest BCUT2D eigenvalue weighted by Gasteiger charge is -2.32. The Labute approximate surface area is 132 Å². The maximum absolute atomic E-state index is 12.6. The number of nitrogens with zero attached hydrogens (tertiary/aromatic N) is 2. The predicted octanol–water partition coefficient (Wildman–Crippen LogP) is 0.744. The molecule has 0 aliphatic carbocycles. The van der Waals surface area contributed by atoms with Crippen molar-refractivity contribution in [2.24, 2.45) is 0 Å². The first-order chi connectivity index (χ1) is 10.8. The van der Waals surface area contributed by atoms with E-state index in [1.807, 2.05) is 29.2 Å². The molecule has 0 spiro atoms. The summed E-state index contributed by atoms with van der Waals surface area (Å²) in [5.41, 5.74) is 0.973. The van der Waals surface area contributed by atoms with Gasteiger partial charge in [-0.15, -0.1) is 0 Å². The maximum atomic E-state index is 12.6. The third kappa shape index (κ3) is 3.42. The Balaban J connectivity index is 1.57. The Morgan fingerprint density at radius 2 is 2.05 bits per heavy atom. The third-order valence-corrected chi connectivity index (χ3v) is 4.72. The number of hydrogen-bond donors (Lipinski definition) is 1. The summed E-state index contributed by atoms with van der Waals surface area (Å²) in [6.45, 7) is 6.06. The van der Waals surface area contributed by atoms with Crippen LogP contribution in [0.1, 0.15) is 12.0 Å². The van der Waals surface area contributed by atoms with Gasteiger partial charge < -0.3 is 15.0 Å². The fraction of sp³-hybridized carbons (Fsp3) is 0.588. The highest BCUT2D eigenvalue weighted by atomic mass is 16.5. The molecule has 0 bridgehead atoms. The van der Waals surface area contributed by atoms with E-state index in [0.29, 0.717) is 12.5 Å². The van der Waals surface area contributed by atoms with Crippen molar-refractivity contribution >= 4 is 5.91 Å². The van der Waals surface area contributed by atoms with Crippen molar-refractivity contribution in [2.75, 3.05) is 46.4 Å². The van der Waals surface area contributed by atoms with Crippen molar-refractivity contribution in [2.45, 2.75) is 18.9 Å². The molecule has 1 aromatic carbocycles. The monoisotopic (exact) mass is 303 g/mol. The molecule has 0 radical (unpaired) electrons. The Morgan fingerprint density at radius 1 is 1.27 bits per heavy atom. The minimum absolute atomic E-state index is 0.210. The largest absolute Gasteiger partial charge is 0.496 e. The molecule has 3 rings (SSSR count). The minimum atomic E-state index is 0.210. The summed E-state index contributed by atoms with van der Waals surface area (Å²) in [6, 6.07) is 8.31. The van der Waals surface area contributed by atoms with Gasteiger partial charge in [0.1, 0.15) is 5.75 Å². The fourth-order valence-electron chi connectivity index (χ4n) is 3.44. The van der Waals surface area contributed by atoms with Crippen molar-refractivity contribution in [3.05, 3.63) is 29.8 Å². The highest BCUT2D eigenvalue weighted by Crippen LogP contribution is 2.21. The number of methoxy groups -OCH3 is 1. The molecule has 2 fully saturated rings. The lowest BCUT2D eigenvalue weighted by molar-refractivity contribution is -0.129. The van der Waals surface area contributed by atoms with Gasteiger partial charge >= 0.3 is 0 Å². The molecule has 2 aliphatic heterocycles. The van der Waals surface area contributed by atoms with E-state index in [4.69, 9.17) is 4.74 Å². The van der Waals surface area contributed by atoms with E-state index in [0.717, 1.165) is 57.0 Å².